The van der Waals surface area contributed by atoms with Gasteiger partial charge in [-0.1, -0.05) is 0 Å². The van der Waals surface area contributed by atoms with E-state index in [2.05, 4.69) is 30.2 Å². The molecular formula is C24H22FN7O3. The van der Waals surface area contributed by atoms with Crippen LogP contribution in [0.5, 0.6) is 0 Å². The summed E-state index contributed by atoms with van der Waals surface area (Å²) in [5, 5.41) is 3.11. The van der Waals surface area contributed by atoms with Crippen LogP contribution in [0.15, 0.2) is 61.1 Å². The first kappa shape index (κ1) is 22.6. The number of amides is 1. The molecule has 4 heterocycles. The van der Waals surface area contributed by atoms with Crippen LogP contribution in [0.3, 0.4) is 0 Å². The summed E-state index contributed by atoms with van der Waals surface area (Å²) < 4.78 is 25.1. The summed E-state index contributed by atoms with van der Waals surface area (Å²) in [6.07, 6.45) is 4.10. The Labute approximate surface area is 199 Å². The molecule has 35 heavy (non-hydrogen) atoms. The molecule has 0 unspecified atom stereocenters. The van der Waals surface area contributed by atoms with Crippen LogP contribution < -0.4 is 11.1 Å². The van der Waals surface area contributed by atoms with Gasteiger partial charge in [-0.2, -0.15) is 0 Å². The quantitative estimate of drug-likeness (QED) is 0.386. The van der Waals surface area contributed by atoms with E-state index in [9.17, 15) is 9.18 Å². The third kappa shape index (κ3) is 4.72. The zero-order chi connectivity index (χ0) is 24.4. The lowest BCUT2D eigenvalue weighted by atomic mass is 9.91. The zero-order valence-corrected chi connectivity index (χ0v) is 18.7. The van der Waals surface area contributed by atoms with Crippen molar-refractivity contribution in [3.05, 3.63) is 72.7 Å². The van der Waals surface area contributed by atoms with Gasteiger partial charge in [-0.3, -0.25) is 9.78 Å². The lowest BCUT2D eigenvalue weighted by Gasteiger charge is -2.34. The molecule has 1 aromatic carbocycles. The minimum absolute atomic E-state index is 0.0849. The van der Waals surface area contributed by atoms with Crippen molar-refractivity contribution in [3.63, 3.8) is 0 Å². The molecule has 0 saturated carbocycles. The van der Waals surface area contributed by atoms with Crippen LogP contribution in [0.4, 0.5) is 16.0 Å². The number of imidazole rings is 1. The zero-order valence-electron chi connectivity index (χ0n) is 18.7. The highest BCUT2D eigenvalue weighted by atomic mass is 19.1. The topological polar surface area (TPSA) is 141 Å². The maximum Gasteiger partial charge on any atom is 0.228 e. The maximum absolute atomic E-state index is 13.6. The fraction of sp³-hybridized carbons (Fsp3) is 0.208. The van der Waals surface area contributed by atoms with E-state index in [0.717, 1.165) is 5.69 Å². The second kappa shape index (κ2) is 9.20. The van der Waals surface area contributed by atoms with Gasteiger partial charge in [0.05, 0.1) is 47.6 Å². The molecule has 0 radical (unpaired) electrons. The Hall–Kier alpha value is -4.22. The van der Waals surface area contributed by atoms with Gasteiger partial charge in [-0.25, -0.2) is 19.3 Å². The predicted molar refractivity (Wildman–Crippen MR) is 124 cm³/mol. The fourth-order valence-corrected chi connectivity index (χ4v) is 3.54. The van der Waals surface area contributed by atoms with E-state index < -0.39 is 17.6 Å². The first-order chi connectivity index (χ1) is 16.9. The van der Waals surface area contributed by atoms with Crippen molar-refractivity contribution in [2.75, 3.05) is 18.5 Å². The number of aromatic nitrogens is 5. The summed E-state index contributed by atoms with van der Waals surface area (Å²) in [5.74, 6) is -0.122. The average molecular weight is 475 g/mol. The highest BCUT2D eigenvalue weighted by molar-refractivity contribution is 5.81. The monoisotopic (exact) mass is 475 g/mol. The van der Waals surface area contributed by atoms with Crippen molar-refractivity contribution in [1.82, 2.24) is 24.9 Å². The number of rotatable bonds is 6. The van der Waals surface area contributed by atoms with E-state index in [1.165, 1.54) is 12.1 Å². The van der Waals surface area contributed by atoms with Gasteiger partial charge in [-0.05, 0) is 49.4 Å². The molecule has 0 bridgehead atoms. The number of hydrogen-bond acceptors (Lipinski definition) is 8. The predicted octanol–water partition coefficient (Wildman–Crippen LogP) is 3.35. The van der Waals surface area contributed by atoms with Gasteiger partial charge in [0.15, 0.2) is 5.82 Å². The summed E-state index contributed by atoms with van der Waals surface area (Å²) in [6, 6.07) is 11.3. The average Bonchev–Trinajstić information content (AvgIpc) is 3.31. The minimum atomic E-state index is -0.925. The highest BCUT2D eigenvalue weighted by Gasteiger charge is 2.39. The van der Waals surface area contributed by atoms with Crippen molar-refractivity contribution in [3.8, 4) is 22.6 Å². The molecule has 1 aliphatic heterocycles. The number of pyridine rings is 1. The fourth-order valence-electron chi connectivity index (χ4n) is 3.54. The van der Waals surface area contributed by atoms with E-state index in [4.69, 9.17) is 15.2 Å². The molecule has 0 spiro atoms. The third-order valence-corrected chi connectivity index (χ3v) is 5.59. The minimum Gasteiger partial charge on any atom is -0.369 e. The Morgan fingerprint density at radius 1 is 1.14 bits per heavy atom. The molecule has 0 atom stereocenters. The molecular weight excluding hydrogens is 453 g/mol. The van der Waals surface area contributed by atoms with Gasteiger partial charge in [0.1, 0.15) is 5.82 Å². The van der Waals surface area contributed by atoms with E-state index in [-0.39, 0.29) is 19.0 Å². The number of nitrogens with two attached hydrogens (primary N) is 1. The van der Waals surface area contributed by atoms with Gasteiger partial charge in [-0.15, -0.1) is 0 Å². The first-order valence-electron chi connectivity index (χ1n) is 10.8. The molecule has 1 aliphatic rings. The number of ether oxygens (including phenoxy) is 2. The number of H-pyrrole nitrogens is 1. The number of halogens is 1. The van der Waals surface area contributed by atoms with E-state index in [1.807, 2.05) is 6.07 Å². The number of aromatic amines is 1. The van der Waals surface area contributed by atoms with Crippen molar-refractivity contribution < 1.29 is 18.7 Å². The third-order valence-electron chi connectivity index (χ3n) is 5.59. The molecule has 1 amide bonds. The van der Waals surface area contributed by atoms with Gasteiger partial charge < -0.3 is 25.5 Å². The normalized spacial score (nSPS) is 19.9. The van der Waals surface area contributed by atoms with Crippen molar-refractivity contribution in [2.45, 2.75) is 13.2 Å². The van der Waals surface area contributed by atoms with Gasteiger partial charge >= 0.3 is 0 Å². The maximum atomic E-state index is 13.6. The Kier molecular flexibility index (Phi) is 5.93. The number of benzene rings is 1. The smallest absolute Gasteiger partial charge is 0.228 e. The SMILES string of the molecule is CC1(C(N)=O)COC(c2nc(-c3ccc(F)cc3)c(-c3ccnc(Nc4cccnc4)n3)[nH]2)OC1. The number of nitrogens with zero attached hydrogens (tertiary/aromatic N) is 4. The molecule has 4 aromatic rings. The van der Waals surface area contributed by atoms with E-state index in [1.54, 1.807) is 49.8 Å². The largest absolute Gasteiger partial charge is 0.369 e. The lowest BCUT2D eigenvalue weighted by Crippen LogP contribution is -2.46. The number of hydrogen-bond donors (Lipinski definition) is 3. The molecule has 3 aromatic heterocycles. The number of anilines is 2. The van der Waals surface area contributed by atoms with E-state index >= 15 is 0 Å². The summed E-state index contributed by atoms with van der Waals surface area (Å²) in [5.41, 5.74) is 7.59. The Morgan fingerprint density at radius 2 is 1.91 bits per heavy atom. The van der Waals surface area contributed by atoms with Crippen LogP contribution in [0, 0.1) is 11.2 Å². The number of carbonyl (C=O) groups is 1. The van der Waals surface area contributed by atoms with Crippen molar-refractivity contribution >= 4 is 17.5 Å². The standard InChI is InChI=1S/C24H22FN7O3/c1-24(22(26)33)12-34-21(35-13-24)20-31-18(14-4-6-15(25)7-5-14)19(32-20)17-8-10-28-23(30-17)29-16-3-2-9-27-11-16/h2-11,21H,12-13H2,1H3,(H2,26,33)(H,31,32)(H,28,29,30). The number of nitrogens with one attached hydrogen (secondary N) is 2. The van der Waals surface area contributed by atoms with Gasteiger partial charge in [0, 0.05) is 18.0 Å². The number of carbonyl (C=O) groups excluding carboxylic acids is 1. The molecule has 5 rings (SSSR count). The Balaban J connectivity index is 1.50. The van der Waals surface area contributed by atoms with Crippen molar-refractivity contribution in [2.24, 2.45) is 11.1 Å². The lowest BCUT2D eigenvalue weighted by molar-refractivity contribution is -0.230. The number of primary amides is 1. The second-order valence-corrected chi connectivity index (χ2v) is 8.36. The molecule has 4 N–H and O–H groups in total. The Morgan fingerprint density at radius 3 is 2.60 bits per heavy atom. The van der Waals surface area contributed by atoms with Crippen LogP contribution in [-0.2, 0) is 14.3 Å². The van der Waals surface area contributed by atoms with Gasteiger partial charge in [0.25, 0.3) is 0 Å². The Bertz CT molecular complexity index is 1340. The summed E-state index contributed by atoms with van der Waals surface area (Å²) in [6.45, 7) is 1.85. The van der Waals surface area contributed by atoms with Crippen LogP contribution in [-0.4, -0.2) is 44.0 Å². The first-order valence-corrected chi connectivity index (χ1v) is 10.8. The molecule has 0 aliphatic carbocycles. The molecule has 1 fully saturated rings. The molecule has 10 nitrogen and oxygen atoms in total. The molecule has 11 heteroatoms. The van der Waals surface area contributed by atoms with Crippen molar-refractivity contribution in [1.29, 1.82) is 0 Å². The van der Waals surface area contributed by atoms with Crippen LogP contribution >= 0.6 is 0 Å². The van der Waals surface area contributed by atoms with Crippen LogP contribution in [0.1, 0.15) is 19.0 Å². The molecule has 178 valence electrons. The summed E-state index contributed by atoms with van der Waals surface area (Å²) >= 11 is 0. The van der Waals surface area contributed by atoms with Crippen LogP contribution in [0.2, 0.25) is 0 Å². The summed E-state index contributed by atoms with van der Waals surface area (Å²) in [7, 11) is 0. The highest BCUT2D eigenvalue weighted by Crippen LogP contribution is 2.35. The summed E-state index contributed by atoms with van der Waals surface area (Å²) in [4.78, 5) is 32.6. The van der Waals surface area contributed by atoms with Crippen LogP contribution in [0.25, 0.3) is 22.6 Å². The van der Waals surface area contributed by atoms with E-state index in [0.29, 0.717) is 34.4 Å². The molecule has 1 saturated heterocycles. The second-order valence-electron chi connectivity index (χ2n) is 8.36. The van der Waals surface area contributed by atoms with Gasteiger partial charge in [0.2, 0.25) is 18.1 Å².